The Bertz CT molecular complexity index is 894. The molecule has 27 heavy (non-hydrogen) atoms. The van der Waals surface area contributed by atoms with Crippen LogP contribution < -0.4 is 14.8 Å². The van der Waals surface area contributed by atoms with Crippen molar-refractivity contribution in [2.45, 2.75) is 32.9 Å². The highest BCUT2D eigenvalue weighted by Gasteiger charge is 2.36. The minimum atomic E-state index is -0.532. The van der Waals surface area contributed by atoms with E-state index in [1.165, 1.54) is 0 Å². The molecule has 0 aliphatic carbocycles. The molecule has 0 saturated heterocycles. The molecule has 1 N–H and O–H groups in total. The van der Waals surface area contributed by atoms with Crippen LogP contribution in [0.2, 0.25) is 0 Å². The number of nitrogens with one attached hydrogen (secondary N) is 1. The minimum absolute atomic E-state index is 0.0860. The summed E-state index contributed by atoms with van der Waals surface area (Å²) in [6.45, 7) is 4.74. The van der Waals surface area contributed by atoms with Crippen LogP contribution in [0.5, 0.6) is 11.5 Å². The van der Waals surface area contributed by atoms with Gasteiger partial charge in [0, 0.05) is 23.9 Å². The van der Waals surface area contributed by atoms with Crippen LogP contribution in [0, 0.1) is 5.92 Å². The molecule has 2 aliphatic rings. The van der Waals surface area contributed by atoms with E-state index in [-0.39, 0.29) is 24.5 Å². The minimum Gasteiger partial charge on any atom is -0.454 e. The molecule has 0 aromatic heterocycles. The van der Waals surface area contributed by atoms with Crippen molar-refractivity contribution in [3.63, 3.8) is 0 Å². The first-order valence-electron chi connectivity index (χ1n) is 9.12. The van der Waals surface area contributed by atoms with Crippen LogP contribution in [-0.4, -0.2) is 29.5 Å². The van der Waals surface area contributed by atoms with Gasteiger partial charge in [-0.25, -0.2) is 0 Å². The molecule has 0 spiro atoms. The normalized spacial score (nSPS) is 15.8. The fourth-order valence-corrected chi connectivity index (χ4v) is 3.55. The molecule has 2 aliphatic heterocycles. The van der Waals surface area contributed by atoms with Gasteiger partial charge in [-0.1, -0.05) is 32.0 Å². The van der Waals surface area contributed by atoms with Crippen molar-refractivity contribution in [3.8, 4) is 11.5 Å². The van der Waals surface area contributed by atoms with E-state index in [1.54, 1.807) is 23.1 Å². The van der Waals surface area contributed by atoms with Crippen LogP contribution in [0.15, 0.2) is 42.5 Å². The topological polar surface area (TPSA) is 67.9 Å². The van der Waals surface area contributed by atoms with Crippen molar-refractivity contribution in [2.75, 3.05) is 12.1 Å². The van der Waals surface area contributed by atoms with Crippen molar-refractivity contribution >= 4 is 17.5 Å². The van der Waals surface area contributed by atoms with E-state index in [9.17, 15) is 9.59 Å². The Hall–Kier alpha value is -3.02. The van der Waals surface area contributed by atoms with Gasteiger partial charge in [0.15, 0.2) is 11.5 Å². The summed E-state index contributed by atoms with van der Waals surface area (Å²) >= 11 is 0. The number of benzene rings is 2. The molecule has 0 saturated carbocycles. The Morgan fingerprint density at radius 2 is 1.93 bits per heavy atom. The van der Waals surface area contributed by atoms with E-state index in [1.807, 2.05) is 24.3 Å². The Kier molecular flexibility index (Phi) is 4.48. The Labute approximate surface area is 158 Å². The van der Waals surface area contributed by atoms with Crippen LogP contribution in [0.25, 0.3) is 0 Å². The highest BCUT2D eigenvalue weighted by atomic mass is 16.7. The van der Waals surface area contributed by atoms with Crippen LogP contribution in [0.3, 0.4) is 0 Å². The van der Waals surface area contributed by atoms with Gasteiger partial charge in [0.05, 0.1) is 0 Å². The molecule has 140 valence electrons. The maximum Gasteiger partial charge on any atom is 0.255 e. The highest BCUT2D eigenvalue weighted by molar-refractivity contribution is 6.03. The second-order valence-electron chi connectivity index (χ2n) is 7.29. The number of carbonyl (C=O) groups is 2. The highest BCUT2D eigenvalue weighted by Crippen LogP contribution is 2.34. The maximum absolute atomic E-state index is 13.1. The number of hydrogen-bond acceptors (Lipinski definition) is 4. The van der Waals surface area contributed by atoms with Crippen LogP contribution >= 0.6 is 0 Å². The largest absolute Gasteiger partial charge is 0.454 e. The molecule has 2 amide bonds. The van der Waals surface area contributed by atoms with Gasteiger partial charge in [-0.15, -0.1) is 0 Å². The molecular weight excluding hydrogens is 344 g/mol. The first-order valence-corrected chi connectivity index (χ1v) is 9.12. The van der Waals surface area contributed by atoms with E-state index in [0.717, 1.165) is 5.56 Å². The second kappa shape index (κ2) is 6.95. The van der Waals surface area contributed by atoms with Crippen molar-refractivity contribution in [1.82, 2.24) is 4.90 Å². The van der Waals surface area contributed by atoms with Crippen LogP contribution in [0.1, 0.15) is 36.2 Å². The quantitative estimate of drug-likeness (QED) is 0.880. The molecule has 6 nitrogen and oxygen atoms in total. The standard InChI is InChI=1S/C21H22N2O4/c1-13(2)9-17(23-11-14-5-3-4-6-16(14)21(23)25)20(24)22-15-7-8-18-19(10-15)27-12-26-18/h3-8,10,13,17H,9,11-12H2,1-2H3,(H,22,24). The van der Waals surface area contributed by atoms with E-state index in [0.29, 0.717) is 35.7 Å². The van der Waals surface area contributed by atoms with Gasteiger partial charge in [0.2, 0.25) is 12.7 Å². The average molecular weight is 366 g/mol. The van der Waals surface area contributed by atoms with E-state index in [2.05, 4.69) is 19.2 Å². The summed E-state index contributed by atoms with van der Waals surface area (Å²) in [5, 5.41) is 2.93. The van der Waals surface area contributed by atoms with Gasteiger partial charge in [-0.05, 0) is 36.1 Å². The number of ether oxygens (including phenoxy) is 2. The lowest BCUT2D eigenvalue weighted by atomic mass is 10.0. The molecule has 0 radical (unpaired) electrons. The molecule has 4 rings (SSSR count). The van der Waals surface area contributed by atoms with Gasteiger partial charge in [0.1, 0.15) is 6.04 Å². The third-order valence-electron chi connectivity index (χ3n) is 4.86. The van der Waals surface area contributed by atoms with Crippen molar-refractivity contribution in [2.24, 2.45) is 5.92 Å². The number of carbonyl (C=O) groups excluding carboxylic acids is 2. The predicted octanol–water partition coefficient (Wildman–Crippen LogP) is 3.42. The average Bonchev–Trinajstić information content (AvgIpc) is 3.24. The van der Waals surface area contributed by atoms with Crippen molar-refractivity contribution < 1.29 is 19.1 Å². The summed E-state index contributed by atoms with van der Waals surface area (Å²) in [6.07, 6.45) is 0.593. The zero-order valence-corrected chi connectivity index (χ0v) is 15.4. The van der Waals surface area contributed by atoms with Crippen molar-refractivity contribution in [3.05, 3.63) is 53.6 Å². The van der Waals surface area contributed by atoms with E-state index >= 15 is 0 Å². The molecule has 6 heteroatoms. The summed E-state index contributed by atoms with van der Waals surface area (Å²) in [6, 6.07) is 12.3. The molecule has 1 atom stereocenters. The monoisotopic (exact) mass is 366 g/mol. The summed E-state index contributed by atoms with van der Waals surface area (Å²) in [5.41, 5.74) is 2.27. The van der Waals surface area contributed by atoms with Gasteiger partial charge in [-0.3, -0.25) is 9.59 Å². The van der Waals surface area contributed by atoms with Gasteiger partial charge in [-0.2, -0.15) is 0 Å². The first-order chi connectivity index (χ1) is 13.0. The lowest BCUT2D eigenvalue weighted by molar-refractivity contribution is -0.121. The van der Waals surface area contributed by atoms with Crippen LogP contribution in [-0.2, 0) is 11.3 Å². The second-order valence-corrected chi connectivity index (χ2v) is 7.29. The van der Waals surface area contributed by atoms with Crippen LogP contribution in [0.4, 0.5) is 5.69 Å². The summed E-state index contributed by atoms with van der Waals surface area (Å²) < 4.78 is 10.7. The number of nitrogens with zero attached hydrogens (tertiary/aromatic N) is 1. The number of rotatable bonds is 5. The Balaban J connectivity index is 1.55. The lowest BCUT2D eigenvalue weighted by Gasteiger charge is -2.28. The zero-order chi connectivity index (χ0) is 19.0. The number of fused-ring (bicyclic) bond motifs is 2. The summed E-state index contributed by atoms with van der Waals surface area (Å²) in [4.78, 5) is 27.6. The molecule has 1 unspecified atom stereocenters. The Morgan fingerprint density at radius 1 is 1.15 bits per heavy atom. The van der Waals surface area contributed by atoms with Crippen molar-refractivity contribution in [1.29, 1.82) is 0 Å². The molecule has 2 aromatic carbocycles. The fourth-order valence-electron chi connectivity index (χ4n) is 3.55. The third-order valence-corrected chi connectivity index (χ3v) is 4.86. The zero-order valence-electron chi connectivity index (χ0n) is 15.4. The molecular formula is C21H22N2O4. The fraction of sp³-hybridized carbons (Fsp3) is 0.333. The summed E-state index contributed by atoms with van der Waals surface area (Å²) in [5.74, 6) is 1.27. The maximum atomic E-state index is 13.1. The Morgan fingerprint density at radius 3 is 2.70 bits per heavy atom. The molecule has 0 bridgehead atoms. The van der Waals surface area contributed by atoms with Gasteiger partial charge < -0.3 is 19.7 Å². The first kappa shape index (κ1) is 17.4. The molecule has 2 heterocycles. The number of hydrogen-bond donors (Lipinski definition) is 1. The van der Waals surface area contributed by atoms with E-state index in [4.69, 9.17) is 9.47 Å². The third kappa shape index (κ3) is 3.35. The van der Waals surface area contributed by atoms with Gasteiger partial charge in [0.25, 0.3) is 5.91 Å². The molecule has 2 aromatic rings. The lowest BCUT2D eigenvalue weighted by Crippen LogP contribution is -2.45. The van der Waals surface area contributed by atoms with E-state index < -0.39 is 6.04 Å². The predicted molar refractivity (Wildman–Crippen MR) is 101 cm³/mol. The summed E-state index contributed by atoms with van der Waals surface area (Å²) in [7, 11) is 0. The smallest absolute Gasteiger partial charge is 0.255 e. The SMILES string of the molecule is CC(C)CC(C(=O)Nc1ccc2c(c1)OCO2)N1Cc2ccccc2C1=O. The van der Waals surface area contributed by atoms with Gasteiger partial charge >= 0.3 is 0 Å². The number of amides is 2. The molecule has 0 fully saturated rings. The number of anilines is 1.